The number of benzene rings is 1. The first-order valence-electron chi connectivity index (χ1n) is 5.64. The van der Waals surface area contributed by atoms with Crippen LogP contribution in [0.3, 0.4) is 0 Å². The number of rotatable bonds is 5. The van der Waals surface area contributed by atoms with E-state index in [4.69, 9.17) is 0 Å². The summed E-state index contributed by atoms with van der Waals surface area (Å²) in [7, 11) is 0. The number of phenolic OH excluding ortho intramolecular Hbond substituents is 2. The van der Waals surface area contributed by atoms with Crippen LogP contribution in [0.15, 0.2) is 6.07 Å². The average molecular weight is 267 g/mol. The molecule has 102 valence electrons. The Labute approximate surface area is 108 Å². The molecule has 1 rings (SSSR count). The fourth-order valence-electron chi connectivity index (χ4n) is 1.63. The van der Waals surface area contributed by atoms with Gasteiger partial charge in [-0.1, -0.05) is 13.8 Å². The van der Waals surface area contributed by atoms with Crippen LogP contribution in [0.5, 0.6) is 11.5 Å². The molecular formula is C12H13NO6. The number of Topliss-reactive ketones (excluding diaryl/α,β-unsaturated/α-hetero) is 2. The molecule has 0 unspecified atom stereocenters. The number of carbonyl (C=O) groups excluding carboxylic acids is 2. The summed E-state index contributed by atoms with van der Waals surface area (Å²) in [6.07, 6.45) is 0.0183. The van der Waals surface area contributed by atoms with Gasteiger partial charge in [0.15, 0.2) is 11.6 Å². The van der Waals surface area contributed by atoms with E-state index in [9.17, 15) is 29.9 Å². The third kappa shape index (κ3) is 2.54. The van der Waals surface area contributed by atoms with Crippen molar-refractivity contribution in [1.29, 1.82) is 0 Å². The first kappa shape index (κ1) is 14.6. The Hall–Kier alpha value is -2.44. The molecule has 0 bridgehead atoms. The van der Waals surface area contributed by atoms with Crippen LogP contribution in [-0.2, 0) is 0 Å². The number of nitro benzene ring substituents is 1. The Morgan fingerprint density at radius 1 is 1.11 bits per heavy atom. The molecule has 0 aliphatic rings. The number of phenols is 2. The molecule has 2 N–H and O–H groups in total. The highest BCUT2D eigenvalue weighted by Gasteiger charge is 2.30. The van der Waals surface area contributed by atoms with Crippen LogP contribution in [0.2, 0.25) is 0 Å². The molecule has 0 spiro atoms. The van der Waals surface area contributed by atoms with Gasteiger partial charge < -0.3 is 10.2 Å². The normalized spacial score (nSPS) is 10.2. The quantitative estimate of drug-likeness (QED) is 0.479. The summed E-state index contributed by atoms with van der Waals surface area (Å²) in [5.41, 5.74) is -1.68. The minimum absolute atomic E-state index is 0.00917. The molecule has 0 fully saturated rings. The van der Waals surface area contributed by atoms with Crippen molar-refractivity contribution in [3.63, 3.8) is 0 Å². The molecule has 1 aromatic carbocycles. The van der Waals surface area contributed by atoms with Gasteiger partial charge in [-0.05, 0) is 6.07 Å². The minimum Gasteiger partial charge on any atom is -0.501 e. The zero-order valence-electron chi connectivity index (χ0n) is 10.5. The van der Waals surface area contributed by atoms with E-state index >= 15 is 0 Å². The second-order valence-corrected chi connectivity index (χ2v) is 3.83. The summed E-state index contributed by atoms with van der Waals surface area (Å²) in [5, 5.41) is 30.2. The summed E-state index contributed by atoms with van der Waals surface area (Å²) in [5.74, 6) is -2.93. The van der Waals surface area contributed by atoms with Gasteiger partial charge in [-0.25, -0.2) is 0 Å². The van der Waals surface area contributed by atoms with Gasteiger partial charge in [-0.2, -0.15) is 0 Å². The molecule has 7 heteroatoms. The van der Waals surface area contributed by atoms with Crippen LogP contribution < -0.4 is 0 Å². The van der Waals surface area contributed by atoms with E-state index in [-0.39, 0.29) is 24.0 Å². The standard InChI is InChI=1S/C12H13NO6/c1-3-8(14)6-5-7(9(15)4-2)12(17)10(11(6)16)13(18)19/h5,16-17H,3-4H2,1-2H3. The van der Waals surface area contributed by atoms with E-state index in [0.29, 0.717) is 0 Å². The summed E-state index contributed by atoms with van der Waals surface area (Å²) < 4.78 is 0. The van der Waals surface area contributed by atoms with Gasteiger partial charge in [0, 0.05) is 12.8 Å². The van der Waals surface area contributed by atoms with E-state index in [1.165, 1.54) is 13.8 Å². The molecule has 0 heterocycles. The van der Waals surface area contributed by atoms with E-state index in [0.717, 1.165) is 6.07 Å². The van der Waals surface area contributed by atoms with Gasteiger partial charge in [-0.3, -0.25) is 19.7 Å². The fraction of sp³-hybridized carbons (Fsp3) is 0.333. The van der Waals surface area contributed by atoms with Gasteiger partial charge >= 0.3 is 5.69 Å². The molecule has 1 aromatic rings. The number of hydrogen-bond acceptors (Lipinski definition) is 6. The van der Waals surface area contributed by atoms with E-state index in [1.807, 2.05) is 0 Å². The van der Waals surface area contributed by atoms with E-state index in [1.54, 1.807) is 0 Å². The first-order valence-corrected chi connectivity index (χ1v) is 5.64. The van der Waals surface area contributed by atoms with Crippen molar-refractivity contribution in [2.75, 3.05) is 0 Å². The number of ketones is 2. The Balaban J connectivity index is 3.69. The zero-order chi connectivity index (χ0) is 14.7. The van der Waals surface area contributed by atoms with Crippen LogP contribution in [-0.4, -0.2) is 26.7 Å². The van der Waals surface area contributed by atoms with E-state index < -0.39 is 33.7 Å². The van der Waals surface area contributed by atoms with Crippen LogP contribution in [0.1, 0.15) is 47.4 Å². The maximum absolute atomic E-state index is 11.6. The van der Waals surface area contributed by atoms with Crippen molar-refractivity contribution in [3.8, 4) is 11.5 Å². The van der Waals surface area contributed by atoms with Crippen molar-refractivity contribution in [2.24, 2.45) is 0 Å². The molecule has 0 saturated carbocycles. The molecular weight excluding hydrogens is 254 g/mol. The SMILES string of the molecule is CCC(=O)c1cc(C(=O)CC)c(O)c([N+](=O)[O-])c1O. The van der Waals surface area contributed by atoms with Crippen LogP contribution in [0, 0.1) is 10.1 Å². The van der Waals surface area contributed by atoms with Crippen molar-refractivity contribution in [3.05, 3.63) is 27.3 Å². The molecule has 7 nitrogen and oxygen atoms in total. The van der Waals surface area contributed by atoms with Gasteiger partial charge in [0.05, 0.1) is 16.1 Å². The zero-order valence-corrected chi connectivity index (χ0v) is 10.5. The molecule has 0 aliphatic heterocycles. The van der Waals surface area contributed by atoms with Gasteiger partial charge in [0.2, 0.25) is 11.5 Å². The van der Waals surface area contributed by atoms with Crippen molar-refractivity contribution in [2.45, 2.75) is 26.7 Å². The molecule has 0 radical (unpaired) electrons. The number of nitrogens with zero attached hydrogens (tertiary/aromatic N) is 1. The lowest BCUT2D eigenvalue weighted by Crippen LogP contribution is -2.06. The lowest BCUT2D eigenvalue weighted by Gasteiger charge is -2.08. The Kier molecular flexibility index (Phi) is 4.21. The van der Waals surface area contributed by atoms with Crippen LogP contribution in [0.4, 0.5) is 5.69 Å². The molecule has 0 amide bonds. The highest BCUT2D eigenvalue weighted by atomic mass is 16.6. The van der Waals surface area contributed by atoms with Gasteiger partial charge in [0.1, 0.15) is 0 Å². The molecule has 0 aliphatic carbocycles. The van der Waals surface area contributed by atoms with Gasteiger partial charge in [0.25, 0.3) is 0 Å². The third-order valence-electron chi connectivity index (χ3n) is 2.67. The first-order chi connectivity index (χ1) is 8.84. The second-order valence-electron chi connectivity index (χ2n) is 3.83. The Morgan fingerprint density at radius 3 is 1.74 bits per heavy atom. The predicted octanol–water partition coefficient (Wildman–Crippen LogP) is 2.19. The monoisotopic (exact) mass is 267 g/mol. The Bertz CT molecular complexity index is 524. The maximum Gasteiger partial charge on any atom is 0.353 e. The highest BCUT2D eigenvalue weighted by molar-refractivity contribution is 6.06. The lowest BCUT2D eigenvalue weighted by molar-refractivity contribution is -0.386. The van der Waals surface area contributed by atoms with Crippen LogP contribution >= 0.6 is 0 Å². The largest absolute Gasteiger partial charge is 0.501 e. The van der Waals surface area contributed by atoms with E-state index in [2.05, 4.69) is 0 Å². The number of aromatic hydroxyl groups is 2. The summed E-state index contributed by atoms with van der Waals surface area (Å²) in [6.45, 7) is 3.03. The highest BCUT2D eigenvalue weighted by Crippen LogP contribution is 2.41. The molecule has 0 atom stereocenters. The predicted molar refractivity (Wildman–Crippen MR) is 65.7 cm³/mol. The molecule has 0 aromatic heterocycles. The number of carbonyl (C=O) groups is 2. The van der Waals surface area contributed by atoms with Crippen LogP contribution in [0.25, 0.3) is 0 Å². The lowest BCUT2D eigenvalue weighted by atomic mass is 9.98. The fourth-order valence-corrected chi connectivity index (χ4v) is 1.63. The average Bonchev–Trinajstić information content (AvgIpc) is 2.37. The summed E-state index contributed by atoms with van der Waals surface area (Å²) >= 11 is 0. The van der Waals surface area contributed by atoms with Crippen molar-refractivity contribution in [1.82, 2.24) is 0 Å². The van der Waals surface area contributed by atoms with Gasteiger partial charge in [-0.15, -0.1) is 0 Å². The number of nitro groups is 1. The maximum atomic E-state index is 11.6. The smallest absolute Gasteiger partial charge is 0.353 e. The molecule has 0 saturated heterocycles. The van der Waals surface area contributed by atoms with Crippen molar-refractivity contribution < 1.29 is 24.7 Å². The number of hydrogen-bond donors (Lipinski definition) is 2. The Morgan fingerprint density at radius 2 is 1.47 bits per heavy atom. The topological polar surface area (TPSA) is 118 Å². The summed E-state index contributed by atoms with van der Waals surface area (Å²) in [6, 6.07) is 0.995. The second kappa shape index (κ2) is 5.47. The minimum atomic E-state index is -1.02. The van der Waals surface area contributed by atoms with Crippen molar-refractivity contribution >= 4 is 17.3 Å². The third-order valence-corrected chi connectivity index (χ3v) is 2.67. The molecule has 19 heavy (non-hydrogen) atoms. The summed E-state index contributed by atoms with van der Waals surface area (Å²) in [4.78, 5) is 33.0.